The van der Waals surface area contributed by atoms with Crippen molar-refractivity contribution in [3.63, 3.8) is 0 Å². The van der Waals surface area contributed by atoms with Crippen LogP contribution in [0.15, 0.2) is 36.9 Å². The predicted molar refractivity (Wildman–Crippen MR) is 40.2 cm³/mol. The first-order valence-corrected chi connectivity index (χ1v) is 2.51. The van der Waals surface area contributed by atoms with Crippen molar-refractivity contribution in [1.82, 2.24) is 0 Å². The van der Waals surface area contributed by atoms with Crippen LogP contribution in [0.25, 0.3) is 0 Å². The number of hydrogen-bond acceptors (Lipinski definition) is 0. The predicted octanol–water partition coefficient (Wildman–Crippen LogP) is -1.35. The van der Waals surface area contributed by atoms with Crippen LogP contribution in [0.4, 0.5) is 0 Å². The van der Waals surface area contributed by atoms with Crippen LogP contribution in [0.1, 0.15) is 5.56 Å². The van der Waals surface area contributed by atoms with Gasteiger partial charge in [0.2, 0.25) is 0 Å². The van der Waals surface area contributed by atoms with Crippen molar-refractivity contribution < 1.29 is 12.4 Å². The summed E-state index contributed by atoms with van der Waals surface area (Å²) in [5, 5.41) is 0. The molecule has 0 radical (unpaired) electrons. The maximum absolute atomic E-state index is 3.51. The maximum atomic E-state index is 3.51. The van der Waals surface area contributed by atoms with Gasteiger partial charge in [-0.1, -0.05) is 6.07 Å². The Bertz CT molecular complexity index is 172. The fourth-order valence-electron chi connectivity index (χ4n) is 0.556. The van der Waals surface area contributed by atoms with E-state index < -0.39 is 0 Å². The van der Waals surface area contributed by atoms with Gasteiger partial charge in [0.15, 0.2) is 0 Å². The zero-order valence-corrected chi connectivity index (χ0v) is 7.85. The van der Waals surface area contributed by atoms with E-state index in [0.717, 1.165) is 5.56 Å². The summed E-state index contributed by atoms with van der Waals surface area (Å²) in [6.07, 6.45) is 2.78. The number of hydrogen-bond donors (Lipinski definition) is 0. The van der Waals surface area contributed by atoms with Gasteiger partial charge in [-0.15, -0.1) is 12.1 Å². The molecule has 0 saturated heterocycles. The van der Waals surface area contributed by atoms with Crippen LogP contribution in [-0.2, 0) is 0 Å². The summed E-state index contributed by atoms with van der Waals surface area (Å²) in [5.74, 6) is 0. The van der Waals surface area contributed by atoms with E-state index in [2.05, 4.69) is 12.7 Å². The first-order valence-electron chi connectivity index (χ1n) is 2.51. The minimum atomic E-state index is 0. The Morgan fingerprint density at radius 3 is 1.90 bits per heavy atom. The summed E-state index contributed by atoms with van der Waals surface area (Å²) in [5.41, 5.74) is 1.05. The van der Waals surface area contributed by atoms with Gasteiger partial charge in [0.05, 0.1) is 0 Å². The van der Waals surface area contributed by atoms with Crippen LogP contribution < -0.4 is 12.4 Å². The van der Waals surface area contributed by atoms with Crippen molar-refractivity contribution in [2.75, 3.05) is 0 Å². The number of rotatable bonds is 1. The van der Waals surface area contributed by atoms with Gasteiger partial charge in [0.1, 0.15) is 0 Å². The molecule has 0 nitrogen and oxygen atoms in total. The zero-order chi connectivity index (χ0) is 5.82. The molecule has 0 bridgehead atoms. The molecular weight excluding hydrogens is 156 g/mol. The first kappa shape index (κ1) is 12.7. The minimum Gasteiger partial charge on any atom is -1.00 e. The Morgan fingerprint density at radius 1 is 1.10 bits per heavy atom. The standard InChI is InChI=1S/C8H7.ClH.Mg/c1-2-8-6-4-3-5-7-8;;/h3-7H,1H2;1H;/q-1;;+2/p-1. The molecule has 0 amide bonds. The van der Waals surface area contributed by atoms with Gasteiger partial charge in [0.25, 0.3) is 0 Å². The van der Waals surface area contributed by atoms with Gasteiger partial charge >= 0.3 is 23.1 Å². The Morgan fingerprint density at radius 2 is 1.60 bits per heavy atom. The molecule has 10 heavy (non-hydrogen) atoms. The Balaban J connectivity index is 0. The molecule has 0 unspecified atom stereocenters. The third kappa shape index (κ3) is 3.93. The topological polar surface area (TPSA) is 0 Å². The average Bonchev–Trinajstić information content (AvgIpc) is 1.90. The van der Waals surface area contributed by atoms with Crippen LogP contribution in [0.3, 0.4) is 0 Å². The van der Waals surface area contributed by atoms with Gasteiger partial charge < -0.3 is 12.4 Å². The molecule has 1 aromatic carbocycles. The molecule has 2 heteroatoms. The SMILES string of the molecule is C=[C-]c1ccccc1.[Cl-].[Mg+2]. The summed E-state index contributed by atoms with van der Waals surface area (Å²) in [7, 11) is 0. The molecule has 0 aliphatic heterocycles. The summed E-state index contributed by atoms with van der Waals surface area (Å²) in [6.45, 7) is 3.51. The summed E-state index contributed by atoms with van der Waals surface area (Å²) < 4.78 is 0. The van der Waals surface area contributed by atoms with Crippen LogP contribution in [-0.4, -0.2) is 23.1 Å². The molecule has 1 rings (SSSR count). The molecule has 0 heterocycles. The fourth-order valence-corrected chi connectivity index (χ4v) is 0.556. The normalized spacial score (nSPS) is 6.80. The zero-order valence-electron chi connectivity index (χ0n) is 5.68. The molecular formula is C8H7ClMg. The van der Waals surface area contributed by atoms with E-state index in [-0.39, 0.29) is 35.5 Å². The van der Waals surface area contributed by atoms with E-state index >= 15 is 0 Å². The molecule has 0 aliphatic carbocycles. The molecule has 0 aromatic heterocycles. The van der Waals surface area contributed by atoms with Crippen molar-refractivity contribution in [3.8, 4) is 0 Å². The second kappa shape index (κ2) is 7.13. The third-order valence-corrected chi connectivity index (χ3v) is 0.978. The van der Waals surface area contributed by atoms with Crippen LogP contribution in [0.5, 0.6) is 0 Å². The molecule has 0 spiro atoms. The van der Waals surface area contributed by atoms with Crippen LogP contribution in [0.2, 0.25) is 0 Å². The Hall–Kier alpha value is 0.0162. The maximum Gasteiger partial charge on any atom is 2.00 e. The third-order valence-electron chi connectivity index (χ3n) is 0.978. The molecule has 0 fully saturated rings. The van der Waals surface area contributed by atoms with Gasteiger partial charge in [-0.25, -0.2) is 0 Å². The Kier molecular flexibility index (Phi) is 9.03. The van der Waals surface area contributed by atoms with E-state index in [4.69, 9.17) is 0 Å². The largest absolute Gasteiger partial charge is 2.00 e. The van der Waals surface area contributed by atoms with E-state index in [9.17, 15) is 0 Å². The summed E-state index contributed by atoms with van der Waals surface area (Å²) in [4.78, 5) is 0. The summed E-state index contributed by atoms with van der Waals surface area (Å²) in [6, 6.07) is 9.84. The van der Waals surface area contributed by atoms with E-state index in [0.29, 0.717) is 0 Å². The van der Waals surface area contributed by atoms with Crippen molar-refractivity contribution in [2.45, 2.75) is 0 Å². The fraction of sp³-hybridized carbons (Fsp3) is 0. The Labute approximate surface area is 83.9 Å². The minimum absolute atomic E-state index is 0. The molecule has 48 valence electrons. The first-order chi connectivity index (χ1) is 3.93. The van der Waals surface area contributed by atoms with E-state index in [1.54, 1.807) is 0 Å². The van der Waals surface area contributed by atoms with Crippen molar-refractivity contribution >= 4 is 23.1 Å². The van der Waals surface area contributed by atoms with E-state index in [1.807, 2.05) is 30.3 Å². The van der Waals surface area contributed by atoms with Crippen molar-refractivity contribution in [2.24, 2.45) is 0 Å². The monoisotopic (exact) mass is 162 g/mol. The van der Waals surface area contributed by atoms with Crippen LogP contribution in [0, 0.1) is 6.08 Å². The smallest absolute Gasteiger partial charge is 1.00 e. The van der Waals surface area contributed by atoms with Crippen molar-refractivity contribution in [1.29, 1.82) is 0 Å². The van der Waals surface area contributed by atoms with Gasteiger partial charge in [-0.3, -0.25) is 0 Å². The van der Waals surface area contributed by atoms with Crippen LogP contribution >= 0.6 is 0 Å². The van der Waals surface area contributed by atoms with Gasteiger partial charge in [-0.05, 0) is 0 Å². The second-order valence-electron chi connectivity index (χ2n) is 1.54. The quantitative estimate of drug-likeness (QED) is 0.354. The molecule has 0 aliphatic rings. The molecule has 1 aromatic rings. The molecule has 0 N–H and O–H groups in total. The van der Waals surface area contributed by atoms with Gasteiger partial charge in [-0.2, -0.15) is 30.4 Å². The summed E-state index contributed by atoms with van der Waals surface area (Å²) >= 11 is 0. The number of halogens is 1. The second-order valence-corrected chi connectivity index (χ2v) is 1.54. The van der Waals surface area contributed by atoms with Crippen molar-refractivity contribution in [3.05, 3.63) is 48.6 Å². The molecule has 0 saturated carbocycles. The van der Waals surface area contributed by atoms with Gasteiger partial charge in [0, 0.05) is 0 Å². The average molecular weight is 163 g/mol. The number of benzene rings is 1. The molecule has 0 atom stereocenters. The van der Waals surface area contributed by atoms with E-state index in [1.165, 1.54) is 0 Å².